The van der Waals surface area contributed by atoms with E-state index in [0.717, 1.165) is 0 Å². The maximum absolute atomic E-state index is 2.25. The van der Waals surface area contributed by atoms with Crippen LogP contribution >= 0.6 is 0 Å². The van der Waals surface area contributed by atoms with Crippen molar-refractivity contribution in [1.82, 2.24) is 0 Å². The third kappa shape index (κ3) is 491. The standard InChI is InChI=1S/5C2H6Ge/c5*1-3-2/h5*1-2H3. The van der Waals surface area contributed by atoms with Gasteiger partial charge >= 0.3 is 135 Å². The predicted octanol–water partition coefficient (Wildman–Crippen LogP) is 3.93. The molecule has 0 unspecified atom stereocenters. The molecule has 0 saturated carbocycles. The van der Waals surface area contributed by atoms with Crippen LogP contribution in [-0.4, -0.2) is 77.2 Å². The molecule has 5 heteroatoms. The molecule has 0 N–H and O–H groups in total. The van der Waals surface area contributed by atoms with Crippen LogP contribution in [0.3, 0.4) is 0 Å². The van der Waals surface area contributed by atoms with Crippen LogP contribution in [0.2, 0.25) is 57.6 Å². The van der Waals surface area contributed by atoms with Gasteiger partial charge < -0.3 is 0 Å². The van der Waals surface area contributed by atoms with Gasteiger partial charge in [-0.25, -0.2) is 0 Å². The zero-order valence-electron chi connectivity index (χ0n) is 12.5. The molecule has 10 radical (unpaired) electrons. The quantitative estimate of drug-likeness (QED) is 0.431. The van der Waals surface area contributed by atoms with Gasteiger partial charge in [0.1, 0.15) is 0 Å². The van der Waals surface area contributed by atoms with Crippen molar-refractivity contribution in [1.29, 1.82) is 0 Å². The maximum atomic E-state index is 2.25. The summed E-state index contributed by atoms with van der Waals surface area (Å²) in [5.74, 6) is 22.5. The van der Waals surface area contributed by atoms with Gasteiger partial charge in [-0.05, 0) is 0 Å². The van der Waals surface area contributed by atoms with Crippen molar-refractivity contribution in [2.45, 2.75) is 57.6 Å². The monoisotopic (exact) mass is 520 g/mol. The van der Waals surface area contributed by atoms with E-state index in [1.54, 1.807) is 0 Å². The Morgan fingerprint density at radius 3 is 0.267 bits per heavy atom. The molecule has 0 spiro atoms. The summed E-state index contributed by atoms with van der Waals surface area (Å²) in [6.07, 6.45) is 0. The van der Waals surface area contributed by atoms with Crippen molar-refractivity contribution in [2.24, 2.45) is 0 Å². The van der Waals surface area contributed by atoms with Crippen molar-refractivity contribution in [3.63, 3.8) is 0 Å². The van der Waals surface area contributed by atoms with Crippen LogP contribution < -0.4 is 0 Å². The zero-order chi connectivity index (χ0) is 13.5. The van der Waals surface area contributed by atoms with E-state index in [2.05, 4.69) is 57.6 Å². The summed E-state index contributed by atoms with van der Waals surface area (Å²) in [4.78, 5) is 0. The van der Waals surface area contributed by atoms with E-state index in [9.17, 15) is 0 Å². The minimum absolute atomic E-state index is 0.500. The first-order valence-corrected chi connectivity index (χ1v) is 26.0. The molecule has 0 fully saturated rings. The van der Waals surface area contributed by atoms with Gasteiger partial charge in [-0.1, -0.05) is 0 Å². The van der Waals surface area contributed by atoms with Gasteiger partial charge in [0, 0.05) is 0 Å². The van der Waals surface area contributed by atoms with Crippen LogP contribution in [0.5, 0.6) is 0 Å². The molecule has 0 nitrogen and oxygen atoms in total. The van der Waals surface area contributed by atoms with Gasteiger partial charge in [-0.2, -0.15) is 0 Å². The predicted molar refractivity (Wildman–Crippen MR) is 87.4 cm³/mol. The van der Waals surface area contributed by atoms with E-state index in [1.807, 2.05) is 0 Å². The molecule has 0 aromatic heterocycles. The van der Waals surface area contributed by atoms with Gasteiger partial charge in [-0.15, -0.1) is 0 Å². The fourth-order valence-electron chi connectivity index (χ4n) is 0. The summed E-state index contributed by atoms with van der Waals surface area (Å²) < 4.78 is 0. The third-order valence-electron chi connectivity index (χ3n) is 0. The first-order valence-electron chi connectivity index (χ1n) is 5.00. The summed E-state index contributed by atoms with van der Waals surface area (Å²) in [6, 6.07) is 0. The minimum atomic E-state index is 0.500. The molecule has 0 atom stereocenters. The van der Waals surface area contributed by atoms with Crippen LogP contribution in [0.25, 0.3) is 0 Å². The SMILES string of the molecule is [CH3][Ge][CH3].[CH3][Ge][CH3].[CH3][Ge][CH3].[CH3][Ge][CH3].[CH3][Ge][CH3]. The number of hydrogen-bond acceptors (Lipinski definition) is 0. The molecule has 0 aromatic rings. The molecule has 0 aliphatic carbocycles. The molecule has 15 heavy (non-hydrogen) atoms. The molecular weight excluding hydrogens is 483 g/mol. The molecule has 0 aliphatic rings. The Bertz CT molecular complexity index is 25.4. The molecule has 0 rings (SSSR count). The summed E-state index contributed by atoms with van der Waals surface area (Å²) in [6.45, 7) is 0. The van der Waals surface area contributed by atoms with Crippen LogP contribution in [0, 0.1) is 0 Å². The second-order valence-corrected chi connectivity index (χ2v) is 13.0. The summed E-state index contributed by atoms with van der Waals surface area (Å²) in [5.41, 5.74) is 0. The van der Waals surface area contributed by atoms with E-state index in [4.69, 9.17) is 0 Å². The van der Waals surface area contributed by atoms with Gasteiger partial charge in [0.25, 0.3) is 0 Å². The van der Waals surface area contributed by atoms with Gasteiger partial charge in [0.05, 0.1) is 0 Å². The van der Waals surface area contributed by atoms with Crippen LogP contribution in [-0.2, 0) is 0 Å². The second kappa shape index (κ2) is 69.4. The van der Waals surface area contributed by atoms with Crippen LogP contribution in [0.15, 0.2) is 0 Å². The summed E-state index contributed by atoms with van der Waals surface area (Å²) in [5, 5.41) is 0. The average Bonchev–Trinajstić information content (AvgIpc) is 2.09. The Kier molecular flexibility index (Phi) is 142. The van der Waals surface area contributed by atoms with Crippen LogP contribution in [0.4, 0.5) is 0 Å². The first kappa shape index (κ1) is 30.6. The Labute approximate surface area is 133 Å². The molecule has 0 amide bonds. The van der Waals surface area contributed by atoms with Crippen molar-refractivity contribution in [3.8, 4) is 0 Å². The zero-order valence-corrected chi connectivity index (χ0v) is 23.0. The molecular formula is C10H30Ge5. The molecule has 0 aliphatic heterocycles. The fourth-order valence-corrected chi connectivity index (χ4v) is 0. The van der Waals surface area contributed by atoms with E-state index in [1.165, 1.54) is 0 Å². The van der Waals surface area contributed by atoms with Crippen molar-refractivity contribution < 1.29 is 0 Å². The van der Waals surface area contributed by atoms with Gasteiger partial charge in [0.2, 0.25) is 0 Å². The van der Waals surface area contributed by atoms with Crippen molar-refractivity contribution in [2.75, 3.05) is 0 Å². The third-order valence-corrected chi connectivity index (χ3v) is 0. The van der Waals surface area contributed by atoms with Crippen molar-refractivity contribution in [3.05, 3.63) is 0 Å². The Morgan fingerprint density at radius 2 is 0.267 bits per heavy atom. The molecule has 0 saturated heterocycles. The average molecular weight is 513 g/mol. The Balaban J connectivity index is -0.0000000278. The van der Waals surface area contributed by atoms with Crippen LogP contribution in [0.1, 0.15) is 0 Å². The van der Waals surface area contributed by atoms with Gasteiger partial charge in [-0.3, -0.25) is 0 Å². The number of hydrogen-bond donors (Lipinski definition) is 0. The molecule has 0 bridgehead atoms. The van der Waals surface area contributed by atoms with E-state index in [-0.39, 0.29) is 0 Å². The second-order valence-electron chi connectivity index (χ2n) is 2.50. The molecule has 0 heterocycles. The summed E-state index contributed by atoms with van der Waals surface area (Å²) in [7, 11) is 0. The Hall–Kier alpha value is 2.71. The van der Waals surface area contributed by atoms with E-state index in [0.29, 0.717) is 77.2 Å². The topological polar surface area (TPSA) is 0 Å². The first-order chi connectivity index (χ1) is 7.07. The summed E-state index contributed by atoms with van der Waals surface area (Å²) >= 11 is 2.50. The molecule has 90 valence electrons. The van der Waals surface area contributed by atoms with Gasteiger partial charge in [0.15, 0.2) is 0 Å². The fraction of sp³-hybridized carbons (Fsp3) is 1.00. The Morgan fingerprint density at radius 1 is 0.267 bits per heavy atom. The molecule has 0 aromatic carbocycles. The number of rotatable bonds is 0. The van der Waals surface area contributed by atoms with Crippen molar-refractivity contribution >= 4 is 77.2 Å². The van der Waals surface area contributed by atoms with E-state index >= 15 is 0 Å². The normalized spacial score (nSPS) is 6.00. The van der Waals surface area contributed by atoms with E-state index < -0.39 is 0 Å².